The van der Waals surface area contributed by atoms with Crippen LogP contribution < -0.4 is 5.32 Å². The molecule has 1 unspecified atom stereocenters. The monoisotopic (exact) mass is 301 g/mol. The summed E-state index contributed by atoms with van der Waals surface area (Å²) in [6.45, 7) is 0. The number of hydrogen-bond donors (Lipinski definition) is 2. The van der Waals surface area contributed by atoms with Gasteiger partial charge in [-0.2, -0.15) is 0 Å². The van der Waals surface area contributed by atoms with Gasteiger partial charge in [0.2, 0.25) is 0 Å². The molecule has 1 aliphatic rings. The number of fused-ring (bicyclic) bond motifs is 1. The number of aryl methyl sites for hydroxylation is 1. The van der Waals surface area contributed by atoms with Crippen LogP contribution >= 0.6 is 11.6 Å². The van der Waals surface area contributed by atoms with Gasteiger partial charge in [-0.05, 0) is 48.6 Å². The van der Waals surface area contributed by atoms with Crippen molar-refractivity contribution in [2.45, 2.75) is 25.3 Å². The van der Waals surface area contributed by atoms with Crippen LogP contribution in [0, 0.1) is 0 Å². The standard InChI is InChI=1S/C17H16ClNO2/c18-16-10-14(7-8-15(16)17(20)21)19-13-6-5-11-3-1-2-4-12(11)9-13/h1-4,7-8,10,13,19H,5-6,9H2,(H,20,21). The van der Waals surface area contributed by atoms with Gasteiger partial charge < -0.3 is 10.4 Å². The molecule has 3 rings (SSSR count). The van der Waals surface area contributed by atoms with E-state index in [0.717, 1.165) is 24.9 Å². The van der Waals surface area contributed by atoms with Crippen molar-refractivity contribution in [3.05, 3.63) is 64.2 Å². The first-order chi connectivity index (χ1) is 10.1. The summed E-state index contributed by atoms with van der Waals surface area (Å²) in [4.78, 5) is 11.0. The van der Waals surface area contributed by atoms with E-state index >= 15 is 0 Å². The number of anilines is 1. The first-order valence-electron chi connectivity index (χ1n) is 6.99. The Labute approximate surface area is 128 Å². The van der Waals surface area contributed by atoms with Crippen molar-refractivity contribution in [2.24, 2.45) is 0 Å². The number of hydrogen-bond acceptors (Lipinski definition) is 2. The molecule has 0 aromatic heterocycles. The lowest BCUT2D eigenvalue weighted by Crippen LogP contribution is -2.27. The van der Waals surface area contributed by atoms with Gasteiger partial charge in [-0.25, -0.2) is 4.79 Å². The maximum Gasteiger partial charge on any atom is 0.337 e. The number of carboxylic acid groups (broad SMARTS) is 1. The smallest absolute Gasteiger partial charge is 0.337 e. The van der Waals surface area contributed by atoms with Gasteiger partial charge in [-0.15, -0.1) is 0 Å². The van der Waals surface area contributed by atoms with E-state index in [4.69, 9.17) is 16.7 Å². The quantitative estimate of drug-likeness (QED) is 0.900. The molecule has 21 heavy (non-hydrogen) atoms. The van der Waals surface area contributed by atoms with Gasteiger partial charge in [-0.3, -0.25) is 0 Å². The Morgan fingerprint density at radius 3 is 2.67 bits per heavy atom. The Morgan fingerprint density at radius 1 is 1.19 bits per heavy atom. The lowest BCUT2D eigenvalue weighted by molar-refractivity contribution is 0.0697. The molecule has 0 bridgehead atoms. The Hall–Kier alpha value is -2.00. The van der Waals surface area contributed by atoms with E-state index in [0.29, 0.717) is 6.04 Å². The minimum Gasteiger partial charge on any atom is -0.478 e. The van der Waals surface area contributed by atoms with Crippen molar-refractivity contribution in [2.75, 3.05) is 5.32 Å². The molecule has 2 aromatic rings. The van der Waals surface area contributed by atoms with Gasteiger partial charge in [0.05, 0.1) is 10.6 Å². The molecule has 2 aromatic carbocycles. The highest BCUT2D eigenvalue weighted by atomic mass is 35.5. The van der Waals surface area contributed by atoms with E-state index in [1.165, 1.54) is 11.1 Å². The normalized spacial score (nSPS) is 17.1. The summed E-state index contributed by atoms with van der Waals surface area (Å²) in [6.07, 6.45) is 3.11. The fraction of sp³-hybridized carbons (Fsp3) is 0.235. The van der Waals surface area contributed by atoms with Gasteiger partial charge in [0.15, 0.2) is 0 Å². The highest BCUT2D eigenvalue weighted by Crippen LogP contribution is 2.26. The average molecular weight is 302 g/mol. The Bertz CT molecular complexity index is 684. The predicted molar refractivity (Wildman–Crippen MR) is 84.3 cm³/mol. The zero-order valence-electron chi connectivity index (χ0n) is 11.5. The maximum absolute atomic E-state index is 11.0. The number of halogens is 1. The summed E-state index contributed by atoms with van der Waals surface area (Å²) in [5.41, 5.74) is 3.81. The van der Waals surface area contributed by atoms with E-state index in [-0.39, 0.29) is 10.6 Å². The molecule has 1 aliphatic carbocycles. The van der Waals surface area contributed by atoms with Crippen LogP contribution in [0.2, 0.25) is 5.02 Å². The van der Waals surface area contributed by atoms with Crippen molar-refractivity contribution >= 4 is 23.3 Å². The van der Waals surface area contributed by atoms with Crippen LogP contribution in [0.5, 0.6) is 0 Å². The third kappa shape index (κ3) is 3.03. The number of aromatic carboxylic acids is 1. The summed E-state index contributed by atoms with van der Waals surface area (Å²) < 4.78 is 0. The van der Waals surface area contributed by atoms with Crippen LogP contribution in [0.1, 0.15) is 27.9 Å². The third-order valence-corrected chi connectivity index (χ3v) is 4.23. The number of benzene rings is 2. The van der Waals surface area contributed by atoms with Crippen molar-refractivity contribution in [1.82, 2.24) is 0 Å². The summed E-state index contributed by atoms with van der Waals surface area (Å²) >= 11 is 6.00. The number of nitrogens with one attached hydrogen (secondary N) is 1. The van der Waals surface area contributed by atoms with E-state index in [2.05, 4.69) is 29.6 Å². The molecule has 3 nitrogen and oxygen atoms in total. The van der Waals surface area contributed by atoms with Crippen LogP contribution in [0.4, 0.5) is 5.69 Å². The van der Waals surface area contributed by atoms with Crippen molar-refractivity contribution in [3.63, 3.8) is 0 Å². The molecular formula is C17H16ClNO2. The minimum absolute atomic E-state index is 0.135. The van der Waals surface area contributed by atoms with Crippen molar-refractivity contribution in [3.8, 4) is 0 Å². The molecule has 4 heteroatoms. The number of rotatable bonds is 3. The Balaban J connectivity index is 1.73. The van der Waals surface area contributed by atoms with E-state index < -0.39 is 5.97 Å². The first kappa shape index (κ1) is 14.0. The second kappa shape index (κ2) is 5.78. The number of carboxylic acids is 1. The van der Waals surface area contributed by atoms with Gasteiger partial charge in [-0.1, -0.05) is 35.9 Å². The van der Waals surface area contributed by atoms with Gasteiger partial charge >= 0.3 is 5.97 Å². The lowest BCUT2D eigenvalue weighted by Gasteiger charge is -2.26. The zero-order valence-corrected chi connectivity index (χ0v) is 12.2. The first-order valence-corrected chi connectivity index (χ1v) is 7.37. The summed E-state index contributed by atoms with van der Waals surface area (Å²) in [5.74, 6) is -1.00. The van der Waals surface area contributed by atoms with Gasteiger partial charge in [0.25, 0.3) is 0 Å². The van der Waals surface area contributed by atoms with Crippen LogP contribution in [-0.4, -0.2) is 17.1 Å². The molecule has 0 saturated heterocycles. The predicted octanol–water partition coefficient (Wildman–Crippen LogP) is 4.01. The van der Waals surface area contributed by atoms with Gasteiger partial charge in [0, 0.05) is 11.7 Å². The maximum atomic E-state index is 11.0. The van der Waals surface area contributed by atoms with E-state index in [1.807, 2.05) is 0 Å². The summed E-state index contributed by atoms with van der Waals surface area (Å²) in [5, 5.41) is 12.7. The molecule has 0 radical (unpaired) electrons. The highest BCUT2D eigenvalue weighted by Gasteiger charge is 2.18. The fourth-order valence-electron chi connectivity index (χ4n) is 2.84. The fourth-order valence-corrected chi connectivity index (χ4v) is 3.10. The molecule has 0 aliphatic heterocycles. The minimum atomic E-state index is -1.00. The van der Waals surface area contributed by atoms with Crippen LogP contribution in [0.3, 0.4) is 0 Å². The SMILES string of the molecule is O=C(O)c1ccc(NC2CCc3ccccc3C2)cc1Cl. The third-order valence-electron chi connectivity index (χ3n) is 3.92. The molecule has 0 fully saturated rings. The molecule has 0 saturated carbocycles. The molecule has 0 heterocycles. The lowest BCUT2D eigenvalue weighted by atomic mass is 9.88. The molecule has 2 N–H and O–H groups in total. The highest BCUT2D eigenvalue weighted by molar-refractivity contribution is 6.33. The second-order valence-corrected chi connectivity index (χ2v) is 5.76. The van der Waals surface area contributed by atoms with Crippen LogP contribution in [-0.2, 0) is 12.8 Å². The zero-order chi connectivity index (χ0) is 14.8. The summed E-state index contributed by atoms with van der Waals surface area (Å²) in [7, 11) is 0. The van der Waals surface area contributed by atoms with Gasteiger partial charge in [0.1, 0.15) is 0 Å². The van der Waals surface area contributed by atoms with E-state index in [9.17, 15) is 4.79 Å². The topological polar surface area (TPSA) is 49.3 Å². The molecule has 108 valence electrons. The molecular weight excluding hydrogens is 286 g/mol. The number of carbonyl (C=O) groups is 1. The largest absolute Gasteiger partial charge is 0.478 e. The molecule has 0 amide bonds. The van der Waals surface area contributed by atoms with Crippen molar-refractivity contribution < 1.29 is 9.90 Å². The van der Waals surface area contributed by atoms with Crippen LogP contribution in [0.15, 0.2) is 42.5 Å². The summed E-state index contributed by atoms with van der Waals surface area (Å²) in [6, 6.07) is 13.9. The molecule has 0 spiro atoms. The average Bonchev–Trinajstić information content (AvgIpc) is 2.47. The van der Waals surface area contributed by atoms with Crippen molar-refractivity contribution in [1.29, 1.82) is 0 Å². The van der Waals surface area contributed by atoms with E-state index in [1.54, 1.807) is 18.2 Å². The Morgan fingerprint density at radius 2 is 1.95 bits per heavy atom. The second-order valence-electron chi connectivity index (χ2n) is 5.35. The molecule has 1 atom stereocenters. The Kier molecular flexibility index (Phi) is 3.84. The van der Waals surface area contributed by atoms with Crippen LogP contribution in [0.25, 0.3) is 0 Å².